The molecule has 0 unspecified atom stereocenters. The van der Waals surface area contributed by atoms with E-state index in [4.69, 9.17) is 11.5 Å². The highest BCUT2D eigenvalue weighted by atomic mass is 16.4. The molecule has 0 atom stereocenters. The van der Waals surface area contributed by atoms with E-state index in [-0.39, 0.29) is 11.1 Å². The molecule has 0 aromatic heterocycles. The number of rotatable bonds is 5. The number of hydrogen-bond acceptors (Lipinski definition) is 2. The Labute approximate surface area is 117 Å². The number of aliphatic carboxylic acids is 1. The first-order valence-corrected chi connectivity index (χ1v) is 5.64. The number of carboxylic acids is 1. The third-order valence-corrected chi connectivity index (χ3v) is 2.48. The van der Waals surface area contributed by atoms with Crippen LogP contribution >= 0.6 is 0 Å². The number of carbonyl (C=O) groups excluding carboxylic acids is 1. The second-order valence-electron chi connectivity index (χ2n) is 3.72. The van der Waals surface area contributed by atoms with Crippen molar-refractivity contribution in [3.63, 3.8) is 0 Å². The Hall–Kier alpha value is -3.06. The zero-order chi connectivity index (χ0) is 15.1. The number of benzene rings is 1. The Bertz CT molecular complexity index is 631. The molecule has 0 saturated carbocycles. The van der Waals surface area contributed by atoms with Crippen molar-refractivity contribution in [2.75, 3.05) is 5.32 Å². The van der Waals surface area contributed by atoms with Crippen molar-refractivity contribution in [1.29, 1.82) is 0 Å². The van der Waals surface area contributed by atoms with E-state index in [0.717, 1.165) is 6.08 Å². The summed E-state index contributed by atoms with van der Waals surface area (Å²) in [4.78, 5) is 23.0. The van der Waals surface area contributed by atoms with Gasteiger partial charge in [0.1, 0.15) is 0 Å². The molecular formula is C16H13NO3. The fourth-order valence-electron chi connectivity index (χ4n) is 1.49. The molecule has 0 aliphatic carbocycles. The van der Waals surface area contributed by atoms with E-state index in [9.17, 15) is 9.59 Å². The van der Waals surface area contributed by atoms with E-state index in [1.54, 1.807) is 24.3 Å². The zero-order valence-corrected chi connectivity index (χ0v) is 10.7. The van der Waals surface area contributed by atoms with Gasteiger partial charge in [-0.25, -0.2) is 4.79 Å². The fourth-order valence-corrected chi connectivity index (χ4v) is 1.49. The molecule has 1 amide bonds. The Morgan fingerprint density at radius 1 is 1.15 bits per heavy atom. The summed E-state index contributed by atoms with van der Waals surface area (Å²) in [5.41, 5.74) is 0.910. The van der Waals surface area contributed by atoms with Gasteiger partial charge in [-0.05, 0) is 24.3 Å². The minimum atomic E-state index is -1.24. The number of carbonyl (C=O) groups is 2. The average Bonchev–Trinajstić information content (AvgIpc) is 2.44. The van der Waals surface area contributed by atoms with Crippen LogP contribution in [0.3, 0.4) is 0 Å². The van der Waals surface area contributed by atoms with Crippen LogP contribution in [-0.2, 0) is 9.59 Å². The van der Waals surface area contributed by atoms with Crippen LogP contribution in [0.1, 0.15) is 5.56 Å². The highest BCUT2D eigenvalue weighted by Crippen LogP contribution is 2.13. The Morgan fingerprint density at radius 3 is 2.10 bits per heavy atom. The highest BCUT2D eigenvalue weighted by Gasteiger charge is 2.15. The SMILES string of the molecule is C#Cc1ccc(NC(=O)/C(C=C)=C(/C=C)C(=O)O)cc1. The van der Waals surface area contributed by atoms with Crippen LogP contribution in [0.25, 0.3) is 0 Å². The average molecular weight is 267 g/mol. The first-order chi connectivity index (χ1) is 9.53. The number of anilines is 1. The van der Waals surface area contributed by atoms with Gasteiger partial charge in [0.2, 0.25) is 0 Å². The van der Waals surface area contributed by atoms with Crippen molar-refractivity contribution in [2.24, 2.45) is 0 Å². The van der Waals surface area contributed by atoms with Gasteiger partial charge in [-0.1, -0.05) is 31.2 Å². The fraction of sp³-hybridized carbons (Fsp3) is 0. The molecule has 0 spiro atoms. The van der Waals surface area contributed by atoms with E-state index < -0.39 is 11.9 Å². The van der Waals surface area contributed by atoms with E-state index in [2.05, 4.69) is 24.4 Å². The summed E-state index contributed by atoms with van der Waals surface area (Å²) < 4.78 is 0. The van der Waals surface area contributed by atoms with Gasteiger partial charge in [-0.15, -0.1) is 6.42 Å². The second kappa shape index (κ2) is 6.76. The maximum Gasteiger partial charge on any atom is 0.336 e. The van der Waals surface area contributed by atoms with Gasteiger partial charge in [0, 0.05) is 11.3 Å². The van der Waals surface area contributed by atoms with Gasteiger partial charge in [-0.2, -0.15) is 0 Å². The van der Waals surface area contributed by atoms with Gasteiger partial charge in [0.05, 0.1) is 11.1 Å². The Kier molecular flexibility index (Phi) is 5.07. The largest absolute Gasteiger partial charge is 0.478 e. The van der Waals surface area contributed by atoms with Crippen molar-refractivity contribution in [2.45, 2.75) is 0 Å². The molecule has 0 radical (unpaired) electrons. The van der Waals surface area contributed by atoms with Gasteiger partial charge >= 0.3 is 5.97 Å². The van der Waals surface area contributed by atoms with Crippen LogP contribution in [0, 0.1) is 12.3 Å². The summed E-state index contributed by atoms with van der Waals surface area (Å²) in [6.45, 7) is 6.82. The lowest BCUT2D eigenvalue weighted by atomic mass is 10.1. The van der Waals surface area contributed by atoms with Crippen molar-refractivity contribution in [3.8, 4) is 12.3 Å². The minimum absolute atomic E-state index is 0.0615. The third-order valence-electron chi connectivity index (χ3n) is 2.48. The smallest absolute Gasteiger partial charge is 0.336 e. The standard InChI is InChI=1S/C16H13NO3/c1-4-11-7-9-12(10-8-11)17-15(18)13(5-2)14(6-3)16(19)20/h1,5-10H,2-3H2,(H,17,18)(H,19,20)/b14-13-. The molecule has 2 N–H and O–H groups in total. The van der Waals surface area contributed by atoms with Crippen molar-refractivity contribution in [1.82, 2.24) is 0 Å². The predicted molar refractivity (Wildman–Crippen MR) is 78.1 cm³/mol. The second-order valence-corrected chi connectivity index (χ2v) is 3.72. The maximum atomic E-state index is 12.0. The molecular weight excluding hydrogens is 254 g/mol. The van der Waals surface area contributed by atoms with Crippen molar-refractivity contribution < 1.29 is 14.7 Å². The number of terminal acetylenes is 1. The number of amides is 1. The quantitative estimate of drug-likeness (QED) is 0.489. The topological polar surface area (TPSA) is 66.4 Å². The van der Waals surface area contributed by atoms with Crippen LogP contribution in [0.4, 0.5) is 5.69 Å². The lowest BCUT2D eigenvalue weighted by Crippen LogP contribution is -2.17. The van der Waals surface area contributed by atoms with Gasteiger partial charge < -0.3 is 10.4 Å². The lowest BCUT2D eigenvalue weighted by Gasteiger charge is -2.07. The molecule has 0 saturated heterocycles. The molecule has 1 aromatic carbocycles. The molecule has 4 nitrogen and oxygen atoms in total. The maximum absolute atomic E-state index is 12.0. The van der Waals surface area contributed by atoms with Crippen LogP contribution in [0.2, 0.25) is 0 Å². The van der Waals surface area contributed by atoms with Crippen molar-refractivity contribution in [3.05, 3.63) is 66.3 Å². The van der Waals surface area contributed by atoms with E-state index in [0.29, 0.717) is 11.3 Å². The monoisotopic (exact) mass is 267 g/mol. The summed E-state index contributed by atoms with van der Waals surface area (Å²) in [5.74, 6) is 0.634. The Morgan fingerprint density at radius 2 is 1.70 bits per heavy atom. The predicted octanol–water partition coefficient (Wildman–Crippen LogP) is 2.36. The third kappa shape index (κ3) is 3.47. The van der Waals surface area contributed by atoms with Crippen LogP contribution in [0.15, 0.2) is 60.7 Å². The molecule has 0 bridgehead atoms. The summed E-state index contributed by atoms with van der Waals surface area (Å²) >= 11 is 0. The summed E-state index contributed by atoms with van der Waals surface area (Å²) in [7, 11) is 0. The number of nitrogens with one attached hydrogen (secondary N) is 1. The molecule has 0 fully saturated rings. The molecule has 4 heteroatoms. The molecule has 1 rings (SSSR count). The summed E-state index contributed by atoms with van der Waals surface area (Å²) in [6, 6.07) is 6.58. The molecule has 0 heterocycles. The molecule has 0 aliphatic rings. The molecule has 0 aliphatic heterocycles. The molecule has 100 valence electrons. The van der Waals surface area contributed by atoms with Crippen LogP contribution in [-0.4, -0.2) is 17.0 Å². The zero-order valence-electron chi connectivity index (χ0n) is 10.7. The van der Waals surface area contributed by atoms with E-state index in [1.807, 2.05) is 0 Å². The summed E-state index contributed by atoms with van der Waals surface area (Å²) in [5, 5.41) is 11.5. The molecule has 1 aromatic rings. The van der Waals surface area contributed by atoms with Gasteiger partial charge in [0.25, 0.3) is 5.91 Å². The number of hydrogen-bond donors (Lipinski definition) is 2. The van der Waals surface area contributed by atoms with E-state index in [1.165, 1.54) is 6.08 Å². The lowest BCUT2D eigenvalue weighted by molar-refractivity contribution is -0.132. The van der Waals surface area contributed by atoms with Crippen molar-refractivity contribution >= 4 is 17.6 Å². The Balaban J connectivity index is 3.04. The minimum Gasteiger partial charge on any atom is -0.478 e. The first kappa shape index (κ1) is 15.0. The molecule has 20 heavy (non-hydrogen) atoms. The summed E-state index contributed by atoms with van der Waals surface area (Å²) in [6.07, 6.45) is 7.50. The van der Waals surface area contributed by atoms with E-state index >= 15 is 0 Å². The van der Waals surface area contributed by atoms with Crippen LogP contribution in [0.5, 0.6) is 0 Å². The van der Waals surface area contributed by atoms with Gasteiger partial charge in [-0.3, -0.25) is 4.79 Å². The highest BCUT2D eigenvalue weighted by molar-refractivity contribution is 6.11. The van der Waals surface area contributed by atoms with Crippen LogP contribution < -0.4 is 5.32 Å². The normalized spacial score (nSPS) is 10.8. The number of carboxylic acid groups (broad SMARTS) is 1. The first-order valence-electron chi connectivity index (χ1n) is 5.64. The van der Waals surface area contributed by atoms with Gasteiger partial charge in [0.15, 0.2) is 0 Å².